The van der Waals surface area contributed by atoms with Crippen LogP contribution in [0.25, 0.3) is 0 Å². The first-order chi connectivity index (χ1) is 9.56. The fourth-order valence-electron chi connectivity index (χ4n) is 2.08. The molecule has 0 aromatic carbocycles. The summed E-state index contributed by atoms with van der Waals surface area (Å²) in [7, 11) is 0. The lowest BCUT2D eigenvalue weighted by atomic mass is 10.1. The molecule has 20 heavy (non-hydrogen) atoms. The van der Waals surface area contributed by atoms with Gasteiger partial charge >= 0.3 is 0 Å². The molecule has 2 rings (SSSR count). The Labute approximate surface area is 130 Å². The number of halogens is 1. The van der Waals surface area contributed by atoms with Gasteiger partial charge in [0.15, 0.2) is 0 Å². The third-order valence-electron chi connectivity index (χ3n) is 3.12. The van der Waals surface area contributed by atoms with E-state index in [2.05, 4.69) is 26.6 Å². The Kier molecular flexibility index (Phi) is 5.56. The molecule has 1 aromatic rings. The number of amides is 2. The van der Waals surface area contributed by atoms with Gasteiger partial charge in [-0.25, -0.2) is 0 Å². The van der Waals surface area contributed by atoms with Crippen molar-refractivity contribution in [3.05, 3.63) is 20.8 Å². The van der Waals surface area contributed by atoms with Crippen LogP contribution in [0, 0.1) is 0 Å². The summed E-state index contributed by atoms with van der Waals surface area (Å²) in [6, 6.07) is 3.49. The minimum atomic E-state index is -0.236. The van der Waals surface area contributed by atoms with Gasteiger partial charge in [-0.3, -0.25) is 9.59 Å². The van der Waals surface area contributed by atoms with E-state index in [1.807, 2.05) is 6.92 Å². The number of hydrogen-bond acceptors (Lipinski definition) is 4. The average Bonchev–Trinajstić information content (AvgIpc) is 3.06. The van der Waals surface area contributed by atoms with Crippen LogP contribution < -0.4 is 10.6 Å². The maximum Gasteiger partial charge on any atom is 0.261 e. The summed E-state index contributed by atoms with van der Waals surface area (Å²) in [6.45, 7) is 2.66. The standard InChI is InChI=1S/C13H17BrN2O3S/c1-8(9-3-2-6-19-9)16-12(17)7-15-13(18)10-4-5-11(14)20-10/h4-5,8-9H,2-3,6-7H2,1H3,(H,15,18)(H,16,17). The molecule has 0 aliphatic carbocycles. The van der Waals surface area contributed by atoms with E-state index >= 15 is 0 Å². The lowest BCUT2D eigenvalue weighted by Gasteiger charge is -2.19. The number of carbonyl (C=O) groups excluding carboxylic acids is 2. The highest BCUT2D eigenvalue weighted by Crippen LogP contribution is 2.21. The van der Waals surface area contributed by atoms with Gasteiger partial charge in [0, 0.05) is 6.61 Å². The van der Waals surface area contributed by atoms with Gasteiger partial charge in [-0.2, -0.15) is 0 Å². The first-order valence-corrected chi connectivity index (χ1v) is 8.11. The fraction of sp³-hybridized carbons (Fsp3) is 0.538. The first kappa shape index (κ1) is 15.5. The number of hydrogen-bond donors (Lipinski definition) is 2. The van der Waals surface area contributed by atoms with Crippen LogP contribution in [-0.4, -0.2) is 37.1 Å². The minimum Gasteiger partial charge on any atom is -0.376 e. The summed E-state index contributed by atoms with van der Waals surface area (Å²) in [5.41, 5.74) is 0. The van der Waals surface area contributed by atoms with E-state index in [1.165, 1.54) is 11.3 Å². The van der Waals surface area contributed by atoms with Crippen LogP contribution in [0.15, 0.2) is 15.9 Å². The monoisotopic (exact) mass is 360 g/mol. The topological polar surface area (TPSA) is 67.4 Å². The van der Waals surface area contributed by atoms with Crippen molar-refractivity contribution in [3.63, 3.8) is 0 Å². The van der Waals surface area contributed by atoms with Crippen molar-refractivity contribution >= 4 is 39.1 Å². The van der Waals surface area contributed by atoms with Crippen LogP contribution in [0.3, 0.4) is 0 Å². The van der Waals surface area contributed by atoms with Gasteiger partial charge in [0.05, 0.1) is 27.4 Å². The molecule has 2 N–H and O–H groups in total. The van der Waals surface area contributed by atoms with Crippen LogP contribution >= 0.6 is 27.3 Å². The predicted octanol–water partition coefficient (Wildman–Crippen LogP) is 1.92. The molecule has 2 heterocycles. The third-order valence-corrected chi connectivity index (χ3v) is 4.74. The van der Waals surface area contributed by atoms with Crippen molar-refractivity contribution in [2.45, 2.75) is 31.9 Å². The summed E-state index contributed by atoms with van der Waals surface area (Å²) in [5, 5.41) is 5.46. The summed E-state index contributed by atoms with van der Waals surface area (Å²) < 4.78 is 6.40. The Morgan fingerprint density at radius 1 is 1.55 bits per heavy atom. The van der Waals surface area contributed by atoms with Crippen molar-refractivity contribution in [2.24, 2.45) is 0 Å². The zero-order chi connectivity index (χ0) is 14.5. The van der Waals surface area contributed by atoms with Crippen molar-refractivity contribution in [3.8, 4) is 0 Å². The van der Waals surface area contributed by atoms with Gasteiger partial charge in [0.2, 0.25) is 5.91 Å². The molecule has 2 unspecified atom stereocenters. The number of ether oxygens (including phenoxy) is 1. The molecule has 5 nitrogen and oxygen atoms in total. The molecule has 0 spiro atoms. The SMILES string of the molecule is CC(NC(=O)CNC(=O)c1ccc(Br)s1)C1CCCO1. The van der Waals surface area contributed by atoms with Crippen molar-refractivity contribution in [1.29, 1.82) is 0 Å². The Hall–Kier alpha value is -0.920. The van der Waals surface area contributed by atoms with Crippen molar-refractivity contribution in [2.75, 3.05) is 13.2 Å². The lowest BCUT2D eigenvalue weighted by Crippen LogP contribution is -2.45. The van der Waals surface area contributed by atoms with Crippen LogP contribution in [0.4, 0.5) is 0 Å². The molecule has 1 aliphatic heterocycles. The number of carbonyl (C=O) groups is 2. The van der Waals surface area contributed by atoms with Gasteiger partial charge < -0.3 is 15.4 Å². The minimum absolute atomic E-state index is 0.0224. The summed E-state index contributed by atoms with van der Waals surface area (Å²) in [5.74, 6) is -0.433. The first-order valence-electron chi connectivity index (χ1n) is 6.51. The van der Waals surface area contributed by atoms with Gasteiger partial charge in [0.1, 0.15) is 0 Å². The average molecular weight is 361 g/mol. The zero-order valence-electron chi connectivity index (χ0n) is 11.1. The van der Waals surface area contributed by atoms with Crippen LogP contribution in [0.2, 0.25) is 0 Å². The highest BCUT2D eigenvalue weighted by molar-refractivity contribution is 9.11. The van der Waals surface area contributed by atoms with Gasteiger partial charge in [-0.15, -0.1) is 11.3 Å². The Bertz CT molecular complexity index is 486. The maximum absolute atomic E-state index is 11.8. The second-order valence-electron chi connectivity index (χ2n) is 4.69. The highest BCUT2D eigenvalue weighted by atomic mass is 79.9. The van der Waals surface area contributed by atoms with E-state index in [1.54, 1.807) is 12.1 Å². The molecule has 0 bridgehead atoms. The molecular formula is C13H17BrN2O3S. The molecule has 1 saturated heterocycles. The summed E-state index contributed by atoms with van der Waals surface area (Å²) in [6.07, 6.45) is 2.09. The molecule has 0 saturated carbocycles. The maximum atomic E-state index is 11.8. The van der Waals surface area contributed by atoms with E-state index < -0.39 is 0 Å². The van der Waals surface area contributed by atoms with E-state index in [9.17, 15) is 9.59 Å². The van der Waals surface area contributed by atoms with Crippen LogP contribution in [0.5, 0.6) is 0 Å². The molecule has 7 heteroatoms. The molecule has 1 aliphatic rings. The molecular weight excluding hydrogens is 344 g/mol. The zero-order valence-corrected chi connectivity index (χ0v) is 13.6. The van der Waals surface area contributed by atoms with E-state index in [0.29, 0.717) is 4.88 Å². The number of thiophene rings is 1. The smallest absolute Gasteiger partial charge is 0.261 e. The molecule has 110 valence electrons. The highest BCUT2D eigenvalue weighted by Gasteiger charge is 2.23. The molecule has 1 aromatic heterocycles. The van der Waals surface area contributed by atoms with E-state index in [0.717, 1.165) is 23.2 Å². The number of nitrogens with one attached hydrogen (secondary N) is 2. The lowest BCUT2D eigenvalue weighted by molar-refractivity contribution is -0.121. The van der Waals surface area contributed by atoms with Gasteiger partial charge in [-0.05, 0) is 47.8 Å². The third kappa shape index (κ3) is 4.29. The van der Waals surface area contributed by atoms with E-state index in [-0.39, 0.29) is 30.5 Å². The quantitative estimate of drug-likeness (QED) is 0.842. The van der Waals surface area contributed by atoms with Crippen LogP contribution in [0.1, 0.15) is 29.4 Å². The summed E-state index contributed by atoms with van der Waals surface area (Å²) >= 11 is 4.63. The largest absolute Gasteiger partial charge is 0.376 e. The second-order valence-corrected chi connectivity index (χ2v) is 7.16. The predicted molar refractivity (Wildman–Crippen MR) is 80.9 cm³/mol. The van der Waals surface area contributed by atoms with Gasteiger partial charge in [-0.1, -0.05) is 0 Å². The molecule has 2 amide bonds. The Morgan fingerprint density at radius 3 is 2.95 bits per heavy atom. The Morgan fingerprint density at radius 2 is 2.35 bits per heavy atom. The summed E-state index contributed by atoms with van der Waals surface area (Å²) in [4.78, 5) is 24.1. The van der Waals surface area contributed by atoms with Crippen molar-refractivity contribution < 1.29 is 14.3 Å². The van der Waals surface area contributed by atoms with Gasteiger partial charge in [0.25, 0.3) is 5.91 Å². The number of rotatable bonds is 5. The second kappa shape index (κ2) is 7.19. The molecule has 2 atom stereocenters. The van der Waals surface area contributed by atoms with Crippen molar-refractivity contribution in [1.82, 2.24) is 10.6 Å². The molecule has 1 fully saturated rings. The van der Waals surface area contributed by atoms with Crippen LogP contribution in [-0.2, 0) is 9.53 Å². The fourth-order valence-corrected chi connectivity index (χ4v) is 3.38. The Balaban J connectivity index is 1.73. The molecule has 0 radical (unpaired) electrons. The van der Waals surface area contributed by atoms with E-state index in [4.69, 9.17) is 4.74 Å². The normalized spacial score (nSPS) is 19.6.